The van der Waals surface area contributed by atoms with Crippen molar-refractivity contribution in [2.45, 2.75) is 0 Å². The maximum atomic E-state index is 13.1. The number of H-pyrrole nitrogens is 1. The molecule has 5 aromatic rings. The maximum absolute atomic E-state index is 13.1. The summed E-state index contributed by atoms with van der Waals surface area (Å²) in [7, 11) is 0. The first-order valence-corrected chi connectivity index (χ1v) is 11.0. The van der Waals surface area contributed by atoms with Crippen molar-refractivity contribution in [1.82, 2.24) is 15.0 Å². The summed E-state index contributed by atoms with van der Waals surface area (Å²) >= 11 is 6.00. The Labute approximate surface area is 204 Å². The van der Waals surface area contributed by atoms with E-state index in [-0.39, 0.29) is 17.0 Å². The number of hydrogen-bond donors (Lipinski definition) is 2. The molecule has 0 bridgehead atoms. The van der Waals surface area contributed by atoms with Crippen molar-refractivity contribution >= 4 is 45.1 Å². The molecule has 0 atom stereocenters. The van der Waals surface area contributed by atoms with Gasteiger partial charge in [0.25, 0.3) is 0 Å². The highest BCUT2D eigenvalue weighted by molar-refractivity contribution is 6.30. The van der Waals surface area contributed by atoms with Gasteiger partial charge in [-0.15, -0.1) is 0 Å². The van der Waals surface area contributed by atoms with Gasteiger partial charge in [0.2, 0.25) is 0 Å². The minimum absolute atomic E-state index is 0.101. The third-order valence-corrected chi connectivity index (χ3v) is 5.69. The van der Waals surface area contributed by atoms with Gasteiger partial charge in [-0.2, -0.15) is 5.26 Å². The number of rotatable bonds is 5. The second-order valence-electron chi connectivity index (χ2n) is 7.69. The summed E-state index contributed by atoms with van der Waals surface area (Å²) in [6.07, 6.45) is 0. The number of carbonyl (C=O) groups is 1. The molecule has 35 heavy (non-hydrogen) atoms. The smallest absolute Gasteiger partial charge is 0.339 e. The van der Waals surface area contributed by atoms with Crippen LogP contribution in [-0.4, -0.2) is 32.6 Å². The third kappa shape index (κ3) is 4.43. The van der Waals surface area contributed by atoms with Crippen molar-refractivity contribution in [3.05, 3.63) is 101 Å². The molecule has 0 unspecified atom stereocenters. The first-order chi connectivity index (χ1) is 17.0. The number of esters is 1. The number of allylic oxidation sites excluding steroid dienone is 1. The van der Waals surface area contributed by atoms with Gasteiger partial charge in [0, 0.05) is 16.0 Å². The van der Waals surface area contributed by atoms with Gasteiger partial charge in [0.1, 0.15) is 18.2 Å². The lowest BCUT2D eigenvalue weighted by Crippen LogP contribution is -2.10. The molecular formula is C27H17ClN4O3. The molecule has 0 aliphatic rings. The molecule has 170 valence electrons. The quantitative estimate of drug-likeness (QED) is 0.179. The Bertz CT molecular complexity index is 1620. The summed E-state index contributed by atoms with van der Waals surface area (Å²) in [4.78, 5) is 25.0. The van der Waals surface area contributed by atoms with E-state index in [2.05, 4.69) is 15.0 Å². The summed E-state index contributed by atoms with van der Waals surface area (Å²) in [5, 5.41) is 21.3. The number of pyridine rings is 1. The lowest BCUT2D eigenvalue weighted by atomic mass is 10.0. The summed E-state index contributed by atoms with van der Waals surface area (Å²) in [6.45, 7) is -0.494. The first-order valence-electron chi connectivity index (χ1n) is 10.6. The van der Waals surface area contributed by atoms with E-state index >= 15 is 0 Å². The predicted molar refractivity (Wildman–Crippen MR) is 134 cm³/mol. The highest BCUT2D eigenvalue weighted by Crippen LogP contribution is 2.27. The number of carbonyl (C=O) groups excluding carboxylic acids is 1. The Morgan fingerprint density at radius 1 is 1.00 bits per heavy atom. The maximum Gasteiger partial charge on any atom is 0.339 e. The third-order valence-electron chi connectivity index (χ3n) is 5.44. The van der Waals surface area contributed by atoms with Crippen LogP contribution in [0.5, 0.6) is 0 Å². The highest BCUT2D eigenvalue weighted by atomic mass is 35.5. The minimum atomic E-state index is -0.660. The summed E-state index contributed by atoms with van der Waals surface area (Å²) in [5.41, 5.74) is 3.54. The Morgan fingerprint density at radius 2 is 1.71 bits per heavy atom. The average molecular weight is 481 g/mol. The van der Waals surface area contributed by atoms with Crippen molar-refractivity contribution in [1.29, 1.82) is 5.26 Å². The van der Waals surface area contributed by atoms with E-state index in [9.17, 15) is 15.2 Å². The number of fused-ring (bicyclic) bond motifs is 2. The SMILES string of the molecule is N#C/C(=C(\O)COC(=O)c1cc(-c2ccc(Cl)cc2)nc2ccccc12)c1nc2ccccc2[nH]1. The van der Waals surface area contributed by atoms with Crippen LogP contribution in [0.3, 0.4) is 0 Å². The van der Waals surface area contributed by atoms with E-state index in [0.717, 1.165) is 11.1 Å². The summed E-state index contributed by atoms with van der Waals surface area (Å²) in [5.74, 6) is -0.870. The second-order valence-corrected chi connectivity index (χ2v) is 8.13. The van der Waals surface area contributed by atoms with E-state index in [1.54, 1.807) is 42.5 Å². The average Bonchev–Trinajstić information content (AvgIpc) is 3.31. The van der Waals surface area contributed by atoms with E-state index < -0.39 is 18.3 Å². The minimum Gasteiger partial charge on any atom is -0.507 e. The van der Waals surface area contributed by atoms with Gasteiger partial charge >= 0.3 is 5.97 Å². The number of para-hydroxylation sites is 3. The molecule has 0 spiro atoms. The topological polar surface area (TPSA) is 112 Å². The molecule has 0 amide bonds. The molecule has 0 saturated carbocycles. The van der Waals surface area contributed by atoms with Gasteiger partial charge in [-0.25, -0.2) is 14.8 Å². The number of imidazole rings is 1. The number of aromatic nitrogens is 3. The molecule has 7 nitrogen and oxygen atoms in total. The molecule has 3 aromatic carbocycles. The number of hydrogen-bond acceptors (Lipinski definition) is 6. The number of ether oxygens (including phenoxy) is 1. The molecule has 2 aromatic heterocycles. The summed E-state index contributed by atoms with van der Waals surface area (Å²) < 4.78 is 5.40. The number of nitrogens with one attached hydrogen (secondary N) is 1. The van der Waals surface area contributed by atoms with Crippen LogP contribution in [-0.2, 0) is 4.74 Å². The molecule has 0 fully saturated rings. The fourth-order valence-electron chi connectivity index (χ4n) is 3.72. The van der Waals surface area contributed by atoms with Crippen LogP contribution in [0.25, 0.3) is 38.8 Å². The number of benzene rings is 3. The molecular weight excluding hydrogens is 464 g/mol. The lowest BCUT2D eigenvalue weighted by Gasteiger charge is -2.10. The number of aliphatic hydroxyl groups excluding tert-OH is 1. The fourth-order valence-corrected chi connectivity index (χ4v) is 3.85. The van der Waals surface area contributed by atoms with E-state index in [1.165, 1.54) is 0 Å². The van der Waals surface area contributed by atoms with Crippen LogP contribution in [0.1, 0.15) is 16.2 Å². The molecule has 0 saturated heterocycles. The first kappa shape index (κ1) is 22.1. The van der Waals surface area contributed by atoms with Gasteiger partial charge in [0.05, 0.1) is 27.8 Å². The second kappa shape index (κ2) is 9.29. The van der Waals surface area contributed by atoms with Crippen LogP contribution >= 0.6 is 11.6 Å². The van der Waals surface area contributed by atoms with Crippen molar-refractivity contribution in [2.75, 3.05) is 6.61 Å². The Hall–Kier alpha value is -4.67. The van der Waals surface area contributed by atoms with Crippen LogP contribution in [0.2, 0.25) is 5.02 Å². The monoisotopic (exact) mass is 480 g/mol. The number of nitriles is 1. The zero-order valence-electron chi connectivity index (χ0n) is 18.2. The van der Waals surface area contributed by atoms with Gasteiger partial charge in [0.15, 0.2) is 11.6 Å². The normalized spacial score (nSPS) is 11.8. The molecule has 0 aliphatic heterocycles. The van der Waals surface area contributed by atoms with E-state index in [1.807, 2.05) is 42.5 Å². The Balaban J connectivity index is 1.46. The Morgan fingerprint density at radius 3 is 2.46 bits per heavy atom. The van der Waals surface area contributed by atoms with Gasteiger partial charge in [-0.3, -0.25) is 0 Å². The molecule has 8 heteroatoms. The van der Waals surface area contributed by atoms with Crippen molar-refractivity contribution in [2.24, 2.45) is 0 Å². The van der Waals surface area contributed by atoms with Crippen molar-refractivity contribution < 1.29 is 14.6 Å². The van der Waals surface area contributed by atoms with E-state index in [4.69, 9.17) is 16.3 Å². The number of aliphatic hydroxyl groups is 1. The highest BCUT2D eigenvalue weighted by Gasteiger charge is 2.18. The molecule has 5 rings (SSSR count). The largest absolute Gasteiger partial charge is 0.507 e. The number of halogens is 1. The fraction of sp³-hybridized carbons (Fsp3) is 0.0370. The van der Waals surface area contributed by atoms with E-state index in [0.29, 0.717) is 27.1 Å². The van der Waals surface area contributed by atoms with Gasteiger partial charge in [-0.1, -0.05) is 54.1 Å². The van der Waals surface area contributed by atoms with Crippen LogP contribution in [0.4, 0.5) is 0 Å². The summed E-state index contributed by atoms with van der Waals surface area (Å²) in [6, 6.07) is 25.1. The van der Waals surface area contributed by atoms with Crippen LogP contribution in [0.15, 0.2) is 84.6 Å². The molecule has 0 aliphatic carbocycles. The van der Waals surface area contributed by atoms with Crippen molar-refractivity contribution in [3.63, 3.8) is 0 Å². The zero-order chi connectivity index (χ0) is 24.4. The lowest BCUT2D eigenvalue weighted by molar-refractivity contribution is 0.0505. The predicted octanol–water partition coefficient (Wildman–Crippen LogP) is 6.08. The van der Waals surface area contributed by atoms with Gasteiger partial charge in [-0.05, 0) is 36.4 Å². The van der Waals surface area contributed by atoms with Crippen LogP contribution in [0, 0.1) is 11.3 Å². The number of aromatic amines is 1. The molecule has 2 N–H and O–H groups in total. The molecule has 2 heterocycles. The number of nitrogens with zero attached hydrogens (tertiary/aromatic N) is 3. The van der Waals surface area contributed by atoms with Crippen LogP contribution < -0.4 is 0 Å². The Kier molecular flexibility index (Phi) is 5.88. The van der Waals surface area contributed by atoms with Crippen molar-refractivity contribution in [3.8, 4) is 17.3 Å². The zero-order valence-corrected chi connectivity index (χ0v) is 19.0. The molecule has 0 radical (unpaired) electrons. The standard InChI is InChI=1S/C27H17ClN4O3/c28-17-11-9-16(10-12-17)24-13-19(18-5-1-2-6-21(18)30-24)27(34)35-15-25(33)20(14-29)26-31-22-7-3-4-8-23(22)32-26/h1-13,33H,15H2,(H,31,32)/b25-20+. The van der Waals surface area contributed by atoms with Gasteiger partial charge < -0.3 is 14.8 Å².